The minimum absolute atomic E-state index is 0.360. The predicted molar refractivity (Wildman–Crippen MR) is 91.0 cm³/mol. The Labute approximate surface area is 139 Å². The van der Waals surface area contributed by atoms with E-state index in [-0.39, 0.29) is 6.09 Å². The average molecular weight is 368 g/mol. The van der Waals surface area contributed by atoms with Gasteiger partial charge >= 0.3 is 6.09 Å². The third kappa shape index (κ3) is 5.33. The number of hydrogen-bond donors (Lipinski definition) is 2. The van der Waals surface area contributed by atoms with Gasteiger partial charge in [-0.2, -0.15) is 0 Å². The lowest BCUT2D eigenvalue weighted by Gasteiger charge is -2.19. The molecule has 2 N–H and O–H groups in total. The number of hydrogen-bond acceptors (Lipinski definition) is 3. The zero-order valence-corrected chi connectivity index (χ0v) is 14.8. The van der Waals surface area contributed by atoms with Gasteiger partial charge in [-0.05, 0) is 51.8 Å². The van der Waals surface area contributed by atoms with Gasteiger partial charge in [-0.3, -0.25) is 0 Å². The lowest BCUT2D eigenvalue weighted by molar-refractivity contribution is 0.0527. The highest BCUT2D eigenvalue weighted by molar-refractivity contribution is 9.10. The number of amides is 1. The van der Waals surface area contributed by atoms with E-state index in [0.29, 0.717) is 6.54 Å². The smallest absolute Gasteiger partial charge is 0.407 e. The maximum atomic E-state index is 11.5. The molecule has 0 spiro atoms. The molecule has 0 aliphatic rings. The molecule has 0 bridgehead atoms. The van der Waals surface area contributed by atoms with Gasteiger partial charge in [0.05, 0.1) is 11.0 Å². The number of nitrogens with zero attached hydrogens (tertiary/aromatic N) is 1. The molecule has 0 radical (unpaired) electrons. The fourth-order valence-electron chi connectivity index (χ4n) is 2.08. The topological polar surface area (TPSA) is 67.0 Å². The standard InChI is InChI=1S/C16H22BrN3O2/c1-16(2,3)22-15(21)18-9-5-4-6-14-19-12-8-7-11(17)10-13(12)20-14/h7-8,10H,4-6,9H2,1-3H3,(H,18,21)(H,19,20). The fourth-order valence-corrected chi connectivity index (χ4v) is 2.44. The number of aromatic nitrogens is 2. The molecule has 0 unspecified atom stereocenters. The molecule has 0 aliphatic carbocycles. The van der Waals surface area contributed by atoms with E-state index in [0.717, 1.165) is 40.6 Å². The summed E-state index contributed by atoms with van der Waals surface area (Å²) in [5, 5.41) is 2.76. The van der Waals surface area contributed by atoms with Gasteiger partial charge in [0.1, 0.15) is 11.4 Å². The lowest BCUT2D eigenvalue weighted by Crippen LogP contribution is -2.33. The first-order chi connectivity index (χ1) is 10.3. The molecule has 6 heteroatoms. The largest absolute Gasteiger partial charge is 0.444 e. The number of benzene rings is 1. The molecule has 1 heterocycles. The van der Waals surface area contributed by atoms with Crippen molar-refractivity contribution in [2.24, 2.45) is 0 Å². The third-order valence-corrected chi connectivity index (χ3v) is 3.49. The summed E-state index contributed by atoms with van der Waals surface area (Å²) >= 11 is 3.45. The van der Waals surface area contributed by atoms with Crippen molar-refractivity contribution in [2.45, 2.75) is 45.6 Å². The van der Waals surface area contributed by atoms with Crippen LogP contribution in [0.25, 0.3) is 11.0 Å². The van der Waals surface area contributed by atoms with Crippen LogP contribution in [-0.4, -0.2) is 28.2 Å². The second-order valence-electron chi connectivity index (χ2n) is 6.23. The average Bonchev–Trinajstić information content (AvgIpc) is 2.78. The van der Waals surface area contributed by atoms with Crippen molar-refractivity contribution >= 4 is 33.1 Å². The van der Waals surface area contributed by atoms with Crippen LogP contribution in [0.15, 0.2) is 22.7 Å². The summed E-state index contributed by atoms with van der Waals surface area (Å²) in [4.78, 5) is 19.3. The van der Waals surface area contributed by atoms with Crippen LogP contribution in [0.2, 0.25) is 0 Å². The van der Waals surface area contributed by atoms with E-state index in [1.54, 1.807) is 0 Å². The Morgan fingerprint density at radius 2 is 2.14 bits per heavy atom. The Bertz CT molecular complexity index is 646. The highest BCUT2D eigenvalue weighted by Crippen LogP contribution is 2.18. The van der Waals surface area contributed by atoms with Crippen molar-refractivity contribution in [3.63, 3.8) is 0 Å². The molecule has 5 nitrogen and oxygen atoms in total. The molecule has 1 aromatic carbocycles. The Morgan fingerprint density at radius 3 is 2.86 bits per heavy atom. The first-order valence-electron chi connectivity index (χ1n) is 7.44. The van der Waals surface area contributed by atoms with Crippen LogP contribution in [0.5, 0.6) is 0 Å². The minimum atomic E-state index is -0.452. The number of carbonyl (C=O) groups is 1. The van der Waals surface area contributed by atoms with Gasteiger partial charge in [-0.1, -0.05) is 15.9 Å². The quantitative estimate of drug-likeness (QED) is 0.779. The molecule has 0 atom stereocenters. The summed E-state index contributed by atoms with van der Waals surface area (Å²) in [6.45, 7) is 6.17. The highest BCUT2D eigenvalue weighted by atomic mass is 79.9. The van der Waals surface area contributed by atoms with E-state index >= 15 is 0 Å². The van der Waals surface area contributed by atoms with Crippen molar-refractivity contribution in [2.75, 3.05) is 6.54 Å². The summed E-state index contributed by atoms with van der Waals surface area (Å²) < 4.78 is 6.22. The Hall–Kier alpha value is -1.56. The molecule has 1 aromatic heterocycles. The zero-order chi connectivity index (χ0) is 16.2. The molecule has 1 amide bonds. The Kier molecular flexibility index (Phi) is 5.45. The summed E-state index contributed by atoms with van der Waals surface area (Å²) in [7, 11) is 0. The summed E-state index contributed by atoms with van der Waals surface area (Å²) in [6, 6.07) is 6.00. The Balaban J connectivity index is 1.71. The van der Waals surface area contributed by atoms with Crippen LogP contribution in [0.4, 0.5) is 4.79 Å². The number of nitrogens with one attached hydrogen (secondary N) is 2. The first-order valence-corrected chi connectivity index (χ1v) is 8.24. The summed E-state index contributed by atoms with van der Waals surface area (Å²) in [5.41, 5.74) is 1.56. The molecule has 120 valence electrons. The minimum Gasteiger partial charge on any atom is -0.444 e. The van der Waals surface area contributed by atoms with Crippen molar-refractivity contribution in [1.82, 2.24) is 15.3 Å². The number of aromatic amines is 1. The molecule has 2 aromatic rings. The van der Waals surface area contributed by atoms with Gasteiger partial charge in [0.15, 0.2) is 0 Å². The predicted octanol–water partition coefficient (Wildman–Crippen LogP) is 4.17. The van der Waals surface area contributed by atoms with Crippen molar-refractivity contribution < 1.29 is 9.53 Å². The SMILES string of the molecule is CC(C)(C)OC(=O)NCCCCc1nc2ccc(Br)cc2[nH]1. The van der Waals surface area contributed by atoms with E-state index in [1.165, 1.54) is 0 Å². The molecule has 2 rings (SSSR count). The van der Waals surface area contributed by atoms with Crippen LogP contribution in [-0.2, 0) is 11.2 Å². The first kappa shape index (κ1) is 16.8. The number of carbonyl (C=O) groups excluding carboxylic acids is 1. The third-order valence-electron chi connectivity index (χ3n) is 3.00. The maximum absolute atomic E-state index is 11.5. The number of fused-ring (bicyclic) bond motifs is 1. The zero-order valence-electron chi connectivity index (χ0n) is 13.2. The number of H-pyrrole nitrogens is 1. The number of alkyl carbamates (subject to hydrolysis) is 1. The second-order valence-corrected chi connectivity index (χ2v) is 7.15. The van der Waals surface area contributed by atoms with Crippen LogP contribution in [0, 0.1) is 0 Å². The monoisotopic (exact) mass is 367 g/mol. The number of ether oxygens (including phenoxy) is 1. The van der Waals surface area contributed by atoms with E-state index in [4.69, 9.17) is 4.74 Å². The van der Waals surface area contributed by atoms with Gasteiger partial charge in [0.2, 0.25) is 0 Å². The lowest BCUT2D eigenvalue weighted by atomic mass is 10.2. The Morgan fingerprint density at radius 1 is 1.36 bits per heavy atom. The molecule has 22 heavy (non-hydrogen) atoms. The maximum Gasteiger partial charge on any atom is 0.407 e. The van der Waals surface area contributed by atoms with E-state index in [1.807, 2.05) is 39.0 Å². The molecule has 0 aliphatic heterocycles. The molecule has 0 saturated heterocycles. The number of imidazole rings is 1. The van der Waals surface area contributed by atoms with Crippen molar-refractivity contribution in [3.8, 4) is 0 Å². The van der Waals surface area contributed by atoms with Crippen LogP contribution >= 0.6 is 15.9 Å². The number of halogens is 1. The highest BCUT2D eigenvalue weighted by Gasteiger charge is 2.15. The number of aryl methyl sites for hydroxylation is 1. The van der Waals surface area contributed by atoms with Crippen molar-refractivity contribution in [3.05, 3.63) is 28.5 Å². The number of unbranched alkanes of at least 4 members (excludes halogenated alkanes) is 1. The molecular weight excluding hydrogens is 346 g/mol. The normalized spacial score (nSPS) is 11.6. The van der Waals surface area contributed by atoms with Crippen LogP contribution in [0.3, 0.4) is 0 Å². The van der Waals surface area contributed by atoms with Crippen molar-refractivity contribution in [1.29, 1.82) is 0 Å². The summed E-state index contributed by atoms with van der Waals surface area (Å²) in [5.74, 6) is 0.977. The number of rotatable bonds is 5. The van der Waals surface area contributed by atoms with E-state index in [2.05, 4.69) is 31.2 Å². The second kappa shape index (κ2) is 7.13. The van der Waals surface area contributed by atoms with Gasteiger partial charge in [-0.25, -0.2) is 9.78 Å². The molecule has 0 saturated carbocycles. The van der Waals surface area contributed by atoms with Gasteiger partial charge in [-0.15, -0.1) is 0 Å². The summed E-state index contributed by atoms with van der Waals surface area (Å²) in [6.07, 6.45) is 2.35. The van der Waals surface area contributed by atoms with Gasteiger partial charge in [0.25, 0.3) is 0 Å². The van der Waals surface area contributed by atoms with E-state index < -0.39 is 5.60 Å². The fraction of sp³-hybridized carbons (Fsp3) is 0.500. The molecule has 0 fully saturated rings. The van der Waals surface area contributed by atoms with Gasteiger partial charge < -0.3 is 15.0 Å². The molecular formula is C16H22BrN3O2. The van der Waals surface area contributed by atoms with Gasteiger partial charge in [0, 0.05) is 17.4 Å². The van der Waals surface area contributed by atoms with Crippen LogP contribution < -0.4 is 5.32 Å². The van der Waals surface area contributed by atoms with Crippen LogP contribution in [0.1, 0.15) is 39.4 Å². The van der Waals surface area contributed by atoms with E-state index in [9.17, 15) is 4.79 Å².